The van der Waals surface area contributed by atoms with E-state index in [0.29, 0.717) is 5.56 Å². The number of esters is 1. The molecule has 0 radical (unpaired) electrons. The number of nitrogens with one attached hydrogen (secondary N) is 1. The van der Waals surface area contributed by atoms with Crippen molar-refractivity contribution in [3.63, 3.8) is 0 Å². The summed E-state index contributed by atoms with van der Waals surface area (Å²) in [5.74, 6) is -0.921. The molecule has 6 nitrogen and oxygen atoms in total. The number of aromatic nitrogens is 2. The highest BCUT2D eigenvalue weighted by atomic mass is 16.5. The highest BCUT2D eigenvalue weighted by Crippen LogP contribution is 2.16. The highest BCUT2D eigenvalue weighted by Gasteiger charge is 2.12. The maximum Gasteiger partial charge on any atom is 0.338 e. The first-order valence-electron chi connectivity index (χ1n) is 8.59. The first-order valence-corrected chi connectivity index (χ1v) is 8.59. The molecule has 1 aromatic heterocycles. The van der Waals surface area contributed by atoms with Crippen LogP contribution in [-0.4, -0.2) is 28.3 Å². The monoisotopic (exact) mass is 363 g/mol. The van der Waals surface area contributed by atoms with Gasteiger partial charge in [0.15, 0.2) is 6.61 Å². The van der Waals surface area contributed by atoms with Crippen molar-refractivity contribution < 1.29 is 14.3 Å². The Morgan fingerprint density at radius 3 is 2.44 bits per heavy atom. The zero-order chi connectivity index (χ0) is 19.4. The lowest BCUT2D eigenvalue weighted by Crippen LogP contribution is -2.21. The van der Waals surface area contributed by atoms with Gasteiger partial charge in [0.2, 0.25) is 0 Å². The number of amides is 1. The molecular weight excluding hydrogens is 342 g/mol. The largest absolute Gasteiger partial charge is 0.452 e. The summed E-state index contributed by atoms with van der Waals surface area (Å²) < 4.78 is 6.88. The van der Waals surface area contributed by atoms with Crippen molar-refractivity contribution in [3.05, 3.63) is 77.1 Å². The maximum absolute atomic E-state index is 12.2. The molecule has 3 aromatic rings. The Morgan fingerprint density at radius 1 is 1.04 bits per heavy atom. The average Bonchev–Trinajstić information content (AvgIpc) is 3.09. The van der Waals surface area contributed by atoms with Gasteiger partial charge in [-0.15, -0.1) is 0 Å². The van der Waals surface area contributed by atoms with Gasteiger partial charge in [-0.3, -0.25) is 4.79 Å². The number of carbonyl (C=O) groups is 2. The Morgan fingerprint density at radius 2 is 1.78 bits per heavy atom. The summed E-state index contributed by atoms with van der Waals surface area (Å²) >= 11 is 0. The van der Waals surface area contributed by atoms with Crippen molar-refractivity contribution in [1.82, 2.24) is 9.78 Å². The molecule has 0 spiro atoms. The Bertz CT molecular complexity index is 975. The van der Waals surface area contributed by atoms with Crippen molar-refractivity contribution in [2.45, 2.75) is 20.8 Å². The number of nitrogens with zero attached hydrogens (tertiary/aromatic N) is 2. The number of aryl methyl sites for hydroxylation is 3. The van der Waals surface area contributed by atoms with Crippen molar-refractivity contribution in [2.24, 2.45) is 0 Å². The molecule has 0 aliphatic carbocycles. The topological polar surface area (TPSA) is 73.2 Å². The summed E-state index contributed by atoms with van der Waals surface area (Å²) in [7, 11) is 0. The van der Waals surface area contributed by atoms with Crippen LogP contribution in [0.2, 0.25) is 0 Å². The number of hydrogen-bond acceptors (Lipinski definition) is 4. The fourth-order valence-electron chi connectivity index (χ4n) is 2.65. The predicted octanol–water partition coefficient (Wildman–Crippen LogP) is 3.59. The van der Waals surface area contributed by atoms with E-state index < -0.39 is 5.97 Å². The van der Waals surface area contributed by atoms with Crippen molar-refractivity contribution >= 4 is 17.6 Å². The molecule has 1 amide bonds. The lowest BCUT2D eigenvalue weighted by Gasteiger charge is -2.10. The van der Waals surface area contributed by atoms with Crippen molar-refractivity contribution in [3.8, 4) is 5.69 Å². The molecule has 1 heterocycles. The third-order valence-corrected chi connectivity index (χ3v) is 4.18. The molecule has 0 aliphatic heterocycles. The molecule has 0 unspecified atom stereocenters. The van der Waals surface area contributed by atoms with Crippen molar-refractivity contribution in [1.29, 1.82) is 0 Å². The molecule has 3 rings (SSSR count). The van der Waals surface area contributed by atoms with E-state index in [1.807, 2.05) is 45.0 Å². The molecule has 0 aliphatic rings. The quantitative estimate of drug-likeness (QED) is 0.703. The predicted molar refractivity (Wildman–Crippen MR) is 103 cm³/mol. The fourth-order valence-corrected chi connectivity index (χ4v) is 2.65. The summed E-state index contributed by atoms with van der Waals surface area (Å²) in [5.41, 5.74) is 4.93. The van der Waals surface area contributed by atoms with Gasteiger partial charge in [-0.1, -0.05) is 12.1 Å². The second kappa shape index (κ2) is 7.86. The van der Waals surface area contributed by atoms with E-state index in [2.05, 4.69) is 10.4 Å². The minimum atomic E-state index is -0.546. The lowest BCUT2D eigenvalue weighted by atomic mass is 10.1. The van der Waals surface area contributed by atoms with E-state index in [4.69, 9.17) is 4.74 Å². The summed E-state index contributed by atoms with van der Waals surface area (Å²) in [6.07, 6.45) is 1.71. The van der Waals surface area contributed by atoms with Crippen LogP contribution in [0, 0.1) is 20.8 Å². The van der Waals surface area contributed by atoms with Gasteiger partial charge in [-0.2, -0.15) is 5.10 Å². The SMILES string of the molecule is Cc1ccc(C)c(NC(=O)COC(=O)c2ccc(-n3nccc3C)cc2)c1. The van der Waals surface area contributed by atoms with Gasteiger partial charge >= 0.3 is 5.97 Å². The molecule has 0 saturated heterocycles. The van der Waals surface area contributed by atoms with Crippen molar-refractivity contribution in [2.75, 3.05) is 11.9 Å². The van der Waals surface area contributed by atoms with E-state index in [0.717, 1.165) is 28.2 Å². The number of anilines is 1. The molecule has 27 heavy (non-hydrogen) atoms. The third-order valence-electron chi connectivity index (χ3n) is 4.18. The zero-order valence-electron chi connectivity index (χ0n) is 15.5. The normalized spacial score (nSPS) is 10.5. The van der Waals surface area contributed by atoms with E-state index in [-0.39, 0.29) is 12.5 Å². The van der Waals surface area contributed by atoms with Gasteiger partial charge < -0.3 is 10.1 Å². The van der Waals surface area contributed by atoms with Crippen LogP contribution < -0.4 is 5.32 Å². The lowest BCUT2D eigenvalue weighted by molar-refractivity contribution is -0.119. The van der Waals surface area contributed by atoms with Crippen LogP contribution >= 0.6 is 0 Å². The molecule has 0 saturated carbocycles. The first kappa shape index (κ1) is 18.4. The Kier molecular flexibility index (Phi) is 5.35. The van der Waals surface area contributed by atoms with Crippen LogP contribution in [0.1, 0.15) is 27.2 Å². The summed E-state index contributed by atoms with van der Waals surface area (Å²) in [4.78, 5) is 24.2. The maximum atomic E-state index is 12.2. The van der Waals surface area contributed by atoms with E-state index in [9.17, 15) is 9.59 Å². The number of rotatable bonds is 5. The van der Waals surface area contributed by atoms with Gasteiger partial charge in [0.25, 0.3) is 5.91 Å². The third kappa shape index (κ3) is 4.41. The zero-order valence-corrected chi connectivity index (χ0v) is 15.5. The molecule has 0 atom stereocenters. The van der Waals surface area contributed by atoms with Gasteiger partial charge in [-0.05, 0) is 68.3 Å². The number of carbonyl (C=O) groups excluding carboxylic acids is 2. The van der Waals surface area contributed by atoms with Crippen LogP contribution in [0.15, 0.2) is 54.7 Å². The molecule has 0 bridgehead atoms. The second-order valence-electron chi connectivity index (χ2n) is 6.37. The second-order valence-corrected chi connectivity index (χ2v) is 6.37. The molecule has 1 N–H and O–H groups in total. The van der Waals surface area contributed by atoms with Crippen LogP contribution in [0.3, 0.4) is 0 Å². The van der Waals surface area contributed by atoms with Gasteiger partial charge in [0, 0.05) is 17.6 Å². The van der Waals surface area contributed by atoms with Crippen LogP contribution in [-0.2, 0) is 9.53 Å². The number of hydrogen-bond donors (Lipinski definition) is 1. The van der Waals surface area contributed by atoms with E-state index in [1.54, 1.807) is 35.1 Å². The van der Waals surface area contributed by atoms with Gasteiger partial charge in [0.1, 0.15) is 0 Å². The highest BCUT2D eigenvalue weighted by molar-refractivity contribution is 5.96. The molecule has 2 aromatic carbocycles. The van der Waals surface area contributed by atoms with Gasteiger partial charge in [-0.25, -0.2) is 9.48 Å². The van der Waals surface area contributed by atoms with Crippen LogP contribution in [0.5, 0.6) is 0 Å². The van der Waals surface area contributed by atoms with Gasteiger partial charge in [0.05, 0.1) is 11.3 Å². The summed E-state index contributed by atoms with van der Waals surface area (Å²) in [6.45, 7) is 5.46. The fraction of sp³-hybridized carbons (Fsp3) is 0.190. The number of ether oxygens (including phenoxy) is 1. The average molecular weight is 363 g/mol. The Balaban J connectivity index is 1.58. The Hall–Kier alpha value is -3.41. The smallest absolute Gasteiger partial charge is 0.338 e. The van der Waals surface area contributed by atoms with Crippen LogP contribution in [0.4, 0.5) is 5.69 Å². The molecule has 6 heteroatoms. The number of benzene rings is 2. The minimum absolute atomic E-state index is 0.341. The molecule has 0 fully saturated rings. The van der Waals surface area contributed by atoms with E-state index >= 15 is 0 Å². The molecular formula is C21H21N3O3. The summed E-state index contributed by atoms with van der Waals surface area (Å²) in [6, 6.07) is 14.6. The standard InChI is InChI=1S/C21H21N3O3/c1-14-4-5-15(2)19(12-14)23-20(25)13-27-21(26)17-6-8-18(9-7-17)24-16(3)10-11-22-24/h4-12H,13H2,1-3H3,(H,23,25). The minimum Gasteiger partial charge on any atom is -0.452 e. The van der Waals surface area contributed by atoms with E-state index in [1.165, 1.54) is 0 Å². The summed E-state index contributed by atoms with van der Waals surface area (Å²) in [5, 5.41) is 6.98. The first-order chi connectivity index (χ1) is 12.9. The molecule has 138 valence electrons. The Labute approximate surface area is 157 Å². The van der Waals surface area contributed by atoms with Crippen LogP contribution in [0.25, 0.3) is 5.69 Å².